The second-order valence-electron chi connectivity index (χ2n) is 5.28. The number of carbonyl (C=O) groups is 3. The van der Waals surface area contributed by atoms with E-state index >= 15 is 0 Å². The second kappa shape index (κ2) is 9.22. The van der Waals surface area contributed by atoms with Crippen molar-refractivity contribution in [2.24, 2.45) is 0 Å². The van der Waals surface area contributed by atoms with E-state index in [0.717, 1.165) is 29.8 Å². The van der Waals surface area contributed by atoms with Gasteiger partial charge in [0.1, 0.15) is 0 Å². The fourth-order valence-electron chi connectivity index (χ4n) is 2.02. The van der Waals surface area contributed by atoms with Crippen molar-refractivity contribution in [1.29, 1.82) is 0 Å². The van der Waals surface area contributed by atoms with Crippen molar-refractivity contribution < 1.29 is 32.3 Å². The summed E-state index contributed by atoms with van der Waals surface area (Å²) in [5, 5.41) is 2.09. The van der Waals surface area contributed by atoms with E-state index in [4.69, 9.17) is 4.74 Å². The zero-order valence-corrected chi connectivity index (χ0v) is 14.6. The number of amides is 2. The number of ether oxygens (including phenoxy) is 1. The lowest BCUT2D eigenvalue weighted by molar-refractivity contribution is -0.132. The van der Waals surface area contributed by atoms with E-state index < -0.39 is 29.9 Å². The highest BCUT2D eigenvalue weighted by atomic mass is 32.2. The Morgan fingerprint density at radius 3 is 2.15 bits per heavy atom. The molecule has 0 bridgehead atoms. The Kier molecular flexibility index (Phi) is 7.00. The van der Waals surface area contributed by atoms with Crippen LogP contribution >= 0.6 is 11.8 Å². The predicted octanol–water partition coefficient (Wildman–Crippen LogP) is 3.34. The van der Waals surface area contributed by atoms with Crippen LogP contribution in [0.15, 0.2) is 59.5 Å². The standard InChI is InChI=1S/C18H14F3NO4S/c19-18(20,21)27-14-8-6-13(7-9-14)17(25)26-11-16(24)22-15(23)10-12-4-2-1-3-5-12/h1-9H,10-11H2,(H,22,23,24). The molecule has 0 fully saturated rings. The molecule has 0 unspecified atom stereocenters. The van der Waals surface area contributed by atoms with Gasteiger partial charge in [-0.15, -0.1) is 0 Å². The SMILES string of the molecule is O=C(COC(=O)c1ccc(SC(F)(F)F)cc1)NC(=O)Cc1ccccc1. The van der Waals surface area contributed by atoms with Gasteiger partial charge in [0, 0.05) is 4.90 Å². The van der Waals surface area contributed by atoms with Crippen molar-refractivity contribution in [2.75, 3.05) is 6.61 Å². The number of carbonyl (C=O) groups excluding carboxylic acids is 3. The van der Waals surface area contributed by atoms with Crippen LogP contribution in [0.25, 0.3) is 0 Å². The Bertz CT molecular complexity index is 808. The second-order valence-corrected chi connectivity index (χ2v) is 6.42. The molecule has 0 atom stereocenters. The molecule has 0 aliphatic carbocycles. The number of hydrogen-bond acceptors (Lipinski definition) is 5. The van der Waals surface area contributed by atoms with Crippen LogP contribution in [-0.4, -0.2) is 29.9 Å². The lowest BCUT2D eigenvalue weighted by Gasteiger charge is -2.07. The minimum atomic E-state index is -4.42. The molecule has 0 aliphatic rings. The third kappa shape index (κ3) is 7.53. The maximum Gasteiger partial charge on any atom is 0.446 e. The van der Waals surface area contributed by atoms with Crippen molar-refractivity contribution in [3.63, 3.8) is 0 Å². The number of thioether (sulfide) groups is 1. The summed E-state index contributed by atoms with van der Waals surface area (Å²) in [5.41, 5.74) is -3.71. The van der Waals surface area contributed by atoms with Crippen molar-refractivity contribution in [3.05, 3.63) is 65.7 Å². The fraction of sp³-hybridized carbons (Fsp3) is 0.167. The molecule has 0 radical (unpaired) electrons. The molecular weight excluding hydrogens is 383 g/mol. The van der Waals surface area contributed by atoms with Crippen LogP contribution in [0.1, 0.15) is 15.9 Å². The number of hydrogen-bond donors (Lipinski definition) is 1. The molecule has 142 valence electrons. The minimum Gasteiger partial charge on any atom is -0.452 e. The molecule has 0 saturated carbocycles. The number of esters is 1. The molecule has 1 N–H and O–H groups in total. The van der Waals surface area contributed by atoms with Crippen molar-refractivity contribution in [3.8, 4) is 0 Å². The molecule has 5 nitrogen and oxygen atoms in total. The molecule has 0 spiro atoms. The van der Waals surface area contributed by atoms with E-state index in [1.165, 1.54) is 0 Å². The largest absolute Gasteiger partial charge is 0.452 e. The summed E-state index contributed by atoms with van der Waals surface area (Å²) in [4.78, 5) is 35.1. The van der Waals surface area contributed by atoms with Gasteiger partial charge in [0.05, 0.1) is 12.0 Å². The van der Waals surface area contributed by atoms with Crippen LogP contribution in [0.4, 0.5) is 13.2 Å². The maximum absolute atomic E-state index is 12.3. The lowest BCUT2D eigenvalue weighted by Crippen LogP contribution is -2.35. The highest BCUT2D eigenvalue weighted by molar-refractivity contribution is 8.00. The first-order valence-electron chi connectivity index (χ1n) is 7.62. The molecule has 0 aromatic heterocycles. The summed E-state index contributed by atoms with van der Waals surface area (Å²) in [5.74, 6) is -2.23. The molecular formula is C18H14F3NO4S. The van der Waals surface area contributed by atoms with Crippen LogP contribution in [0.3, 0.4) is 0 Å². The third-order valence-electron chi connectivity index (χ3n) is 3.14. The van der Waals surface area contributed by atoms with Crippen LogP contribution in [0.5, 0.6) is 0 Å². The normalized spacial score (nSPS) is 10.9. The quantitative estimate of drug-likeness (QED) is 0.598. The fourth-order valence-corrected chi connectivity index (χ4v) is 2.56. The van der Waals surface area contributed by atoms with Gasteiger partial charge in [0.25, 0.3) is 5.91 Å². The number of nitrogens with one attached hydrogen (secondary N) is 1. The number of rotatable bonds is 6. The van der Waals surface area contributed by atoms with E-state index in [1.54, 1.807) is 30.3 Å². The van der Waals surface area contributed by atoms with Crippen LogP contribution in [-0.2, 0) is 20.7 Å². The summed E-state index contributed by atoms with van der Waals surface area (Å²) < 4.78 is 41.5. The van der Waals surface area contributed by atoms with E-state index in [-0.39, 0.29) is 28.6 Å². The monoisotopic (exact) mass is 397 g/mol. The zero-order chi connectivity index (χ0) is 19.9. The zero-order valence-electron chi connectivity index (χ0n) is 13.8. The van der Waals surface area contributed by atoms with Gasteiger partial charge < -0.3 is 4.74 Å². The number of imide groups is 1. The summed E-state index contributed by atoms with van der Waals surface area (Å²) in [6.45, 7) is -0.682. The van der Waals surface area contributed by atoms with Crippen LogP contribution in [0, 0.1) is 0 Å². The third-order valence-corrected chi connectivity index (χ3v) is 3.88. The predicted molar refractivity (Wildman–Crippen MR) is 91.9 cm³/mol. The molecule has 2 aromatic rings. The van der Waals surface area contributed by atoms with Crippen LogP contribution < -0.4 is 5.32 Å². The molecule has 2 rings (SSSR count). The van der Waals surface area contributed by atoms with Crippen molar-refractivity contribution in [1.82, 2.24) is 5.32 Å². The first-order chi connectivity index (χ1) is 12.7. The van der Waals surface area contributed by atoms with E-state index in [1.807, 2.05) is 0 Å². The summed E-state index contributed by atoms with van der Waals surface area (Å²) in [7, 11) is 0. The summed E-state index contributed by atoms with van der Waals surface area (Å²) in [6, 6.07) is 13.3. The van der Waals surface area contributed by atoms with Gasteiger partial charge in [-0.05, 0) is 41.6 Å². The maximum atomic E-state index is 12.3. The first-order valence-corrected chi connectivity index (χ1v) is 8.44. The Morgan fingerprint density at radius 1 is 0.926 bits per heavy atom. The molecule has 2 amide bonds. The Morgan fingerprint density at radius 2 is 1.56 bits per heavy atom. The average Bonchev–Trinajstić information content (AvgIpc) is 2.59. The molecule has 0 heterocycles. The molecule has 27 heavy (non-hydrogen) atoms. The smallest absolute Gasteiger partial charge is 0.446 e. The van der Waals surface area contributed by atoms with Gasteiger partial charge >= 0.3 is 11.5 Å². The lowest BCUT2D eigenvalue weighted by atomic mass is 10.1. The Labute approximate surface area is 156 Å². The van der Waals surface area contributed by atoms with Crippen molar-refractivity contribution >= 4 is 29.5 Å². The van der Waals surface area contributed by atoms with Gasteiger partial charge in [0.15, 0.2) is 6.61 Å². The average molecular weight is 397 g/mol. The van der Waals surface area contributed by atoms with Gasteiger partial charge in [-0.2, -0.15) is 13.2 Å². The van der Waals surface area contributed by atoms with E-state index in [9.17, 15) is 27.6 Å². The first kappa shape index (κ1) is 20.5. The van der Waals surface area contributed by atoms with Crippen molar-refractivity contribution in [2.45, 2.75) is 16.8 Å². The highest BCUT2D eigenvalue weighted by Crippen LogP contribution is 2.36. The molecule has 0 aliphatic heterocycles. The molecule has 0 saturated heterocycles. The number of alkyl halides is 3. The van der Waals surface area contributed by atoms with Gasteiger partial charge in [-0.1, -0.05) is 30.3 Å². The van der Waals surface area contributed by atoms with Gasteiger partial charge in [-0.3, -0.25) is 14.9 Å². The summed E-state index contributed by atoms with van der Waals surface area (Å²) in [6.07, 6.45) is -0.00113. The highest BCUT2D eigenvalue weighted by Gasteiger charge is 2.29. The van der Waals surface area contributed by atoms with E-state index in [2.05, 4.69) is 5.32 Å². The summed E-state index contributed by atoms with van der Waals surface area (Å²) >= 11 is -0.307. The van der Waals surface area contributed by atoms with E-state index in [0.29, 0.717) is 0 Å². The number of benzene rings is 2. The molecule has 2 aromatic carbocycles. The Balaban J connectivity index is 1.79. The minimum absolute atomic E-state index is 0.00113. The molecule has 9 heteroatoms. The number of halogens is 3. The topological polar surface area (TPSA) is 72.5 Å². The Hall–Kier alpha value is -2.81. The van der Waals surface area contributed by atoms with Gasteiger partial charge in [0.2, 0.25) is 5.91 Å². The van der Waals surface area contributed by atoms with Gasteiger partial charge in [-0.25, -0.2) is 4.79 Å². The van der Waals surface area contributed by atoms with Crippen LogP contribution in [0.2, 0.25) is 0 Å².